The van der Waals surface area contributed by atoms with E-state index in [1.54, 1.807) is 0 Å². The molecule has 0 saturated heterocycles. The van der Waals surface area contributed by atoms with Gasteiger partial charge in [-0.3, -0.25) is 9.48 Å². The number of carbonyl (C=O) groups is 1. The van der Waals surface area contributed by atoms with Gasteiger partial charge in [-0.25, -0.2) is 0 Å². The molecule has 2 heterocycles. The number of ether oxygens (including phenoxy) is 1. The summed E-state index contributed by atoms with van der Waals surface area (Å²) in [6.45, 7) is 5.83. The lowest BCUT2D eigenvalue weighted by molar-refractivity contribution is -0.125. The fourth-order valence-electron chi connectivity index (χ4n) is 3.19. The normalized spacial score (nSPS) is 16.7. The molecule has 1 amide bonds. The van der Waals surface area contributed by atoms with Crippen LogP contribution in [0.15, 0.2) is 24.3 Å². The van der Waals surface area contributed by atoms with Crippen LogP contribution in [0.4, 0.5) is 0 Å². The Hall–Kier alpha value is -2.01. The van der Waals surface area contributed by atoms with Crippen LogP contribution in [0, 0.1) is 19.8 Å². The highest BCUT2D eigenvalue weighted by atomic mass is 35.5. The minimum atomic E-state index is -0.0354. The van der Waals surface area contributed by atoms with Gasteiger partial charge in [0.1, 0.15) is 5.75 Å². The van der Waals surface area contributed by atoms with Gasteiger partial charge in [0.25, 0.3) is 0 Å². The number of nitrogens with one attached hydrogen (secondary N) is 1. The number of benzene rings is 1. The first-order valence-electron chi connectivity index (χ1n) is 8.74. The predicted molar refractivity (Wildman–Crippen MR) is 98.1 cm³/mol. The van der Waals surface area contributed by atoms with Crippen molar-refractivity contribution in [2.24, 2.45) is 5.92 Å². The molecule has 6 heteroatoms. The number of amides is 1. The molecule has 134 valence electrons. The maximum Gasteiger partial charge on any atom is 0.223 e. The zero-order chi connectivity index (χ0) is 17.8. The van der Waals surface area contributed by atoms with Crippen molar-refractivity contribution in [3.05, 3.63) is 46.2 Å². The standard InChI is InChI=1S/C19H24ClN3O2/c1-13-18(20)14(2)23(22-13)10-5-9-21-19(24)16-8-11-25-17-7-4-3-6-15(17)12-16/h3-4,6-7,16H,5,8-12H2,1-2H3,(H,21,24)/t16-/m0/s1. The molecule has 0 bridgehead atoms. The van der Waals surface area contributed by atoms with E-state index >= 15 is 0 Å². The lowest BCUT2D eigenvalue weighted by Gasteiger charge is -2.14. The molecule has 5 nitrogen and oxygen atoms in total. The molecule has 0 saturated carbocycles. The Morgan fingerprint density at radius 3 is 2.96 bits per heavy atom. The SMILES string of the molecule is Cc1nn(CCCNC(=O)[C@H]2CCOc3ccccc3C2)c(C)c1Cl. The lowest BCUT2D eigenvalue weighted by Crippen LogP contribution is -2.33. The number of carbonyl (C=O) groups excluding carboxylic acids is 1. The summed E-state index contributed by atoms with van der Waals surface area (Å²) in [5, 5.41) is 8.19. The van der Waals surface area contributed by atoms with E-state index in [0.717, 1.165) is 53.5 Å². The van der Waals surface area contributed by atoms with Crippen LogP contribution in [0.5, 0.6) is 5.75 Å². The van der Waals surface area contributed by atoms with Crippen LogP contribution in [-0.4, -0.2) is 28.8 Å². The maximum absolute atomic E-state index is 12.5. The first kappa shape index (κ1) is 17.8. The third kappa shape index (κ3) is 4.15. The van der Waals surface area contributed by atoms with Crippen molar-refractivity contribution >= 4 is 17.5 Å². The topological polar surface area (TPSA) is 56.2 Å². The molecule has 1 atom stereocenters. The second kappa shape index (κ2) is 7.91. The number of aryl methyl sites for hydroxylation is 2. The van der Waals surface area contributed by atoms with Gasteiger partial charge >= 0.3 is 0 Å². The summed E-state index contributed by atoms with van der Waals surface area (Å²) in [5.41, 5.74) is 2.93. The number of para-hydroxylation sites is 1. The van der Waals surface area contributed by atoms with Gasteiger partial charge in [-0.1, -0.05) is 29.8 Å². The van der Waals surface area contributed by atoms with E-state index in [0.29, 0.717) is 13.2 Å². The molecule has 1 N–H and O–H groups in total. The second-order valence-electron chi connectivity index (χ2n) is 6.50. The van der Waals surface area contributed by atoms with Crippen molar-refractivity contribution in [1.29, 1.82) is 0 Å². The summed E-state index contributed by atoms with van der Waals surface area (Å²) in [6.07, 6.45) is 2.30. The Bertz CT molecular complexity index is 757. The first-order chi connectivity index (χ1) is 12.1. The van der Waals surface area contributed by atoms with E-state index < -0.39 is 0 Å². The van der Waals surface area contributed by atoms with E-state index in [1.807, 2.05) is 42.8 Å². The zero-order valence-electron chi connectivity index (χ0n) is 14.7. The number of hydrogen-bond acceptors (Lipinski definition) is 3. The highest BCUT2D eigenvalue weighted by Crippen LogP contribution is 2.26. The maximum atomic E-state index is 12.5. The summed E-state index contributed by atoms with van der Waals surface area (Å²) in [5.74, 6) is 0.970. The molecule has 1 aliphatic rings. The fraction of sp³-hybridized carbons (Fsp3) is 0.474. The molecule has 1 aliphatic heterocycles. The lowest BCUT2D eigenvalue weighted by atomic mass is 9.96. The van der Waals surface area contributed by atoms with Gasteiger partial charge in [0.2, 0.25) is 5.91 Å². The van der Waals surface area contributed by atoms with Gasteiger partial charge in [-0.2, -0.15) is 5.10 Å². The van der Waals surface area contributed by atoms with E-state index in [4.69, 9.17) is 16.3 Å². The highest BCUT2D eigenvalue weighted by molar-refractivity contribution is 6.31. The first-order valence-corrected chi connectivity index (χ1v) is 9.12. The minimum absolute atomic E-state index is 0.0354. The molecule has 0 radical (unpaired) electrons. The Kier molecular flexibility index (Phi) is 5.63. The van der Waals surface area contributed by atoms with E-state index in [9.17, 15) is 4.79 Å². The van der Waals surface area contributed by atoms with Crippen LogP contribution in [0.25, 0.3) is 0 Å². The molecule has 0 unspecified atom stereocenters. The van der Waals surface area contributed by atoms with Gasteiger partial charge < -0.3 is 10.1 Å². The number of rotatable bonds is 5. The van der Waals surface area contributed by atoms with Crippen LogP contribution < -0.4 is 10.1 Å². The number of nitrogens with zero attached hydrogens (tertiary/aromatic N) is 2. The average molecular weight is 362 g/mol. The van der Waals surface area contributed by atoms with Crippen LogP contribution in [-0.2, 0) is 17.8 Å². The van der Waals surface area contributed by atoms with Crippen LogP contribution in [0.2, 0.25) is 5.02 Å². The van der Waals surface area contributed by atoms with Crippen LogP contribution >= 0.6 is 11.6 Å². The molecule has 1 aromatic carbocycles. The molecule has 1 aromatic heterocycles. The molecular weight excluding hydrogens is 338 g/mol. The molecule has 25 heavy (non-hydrogen) atoms. The third-order valence-corrected chi connectivity index (χ3v) is 5.22. The van der Waals surface area contributed by atoms with E-state index in [1.165, 1.54) is 0 Å². The van der Waals surface area contributed by atoms with E-state index in [2.05, 4.69) is 10.4 Å². The average Bonchev–Trinajstić information content (AvgIpc) is 2.80. The molecule has 3 rings (SSSR count). The van der Waals surface area contributed by atoms with Crippen molar-refractivity contribution in [2.45, 2.75) is 39.7 Å². The summed E-state index contributed by atoms with van der Waals surface area (Å²) in [6, 6.07) is 7.95. The smallest absolute Gasteiger partial charge is 0.223 e. The van der Waals surface area contributed by atoms with Crippen LogP contribution in [0.3, 0.4) is 0 Å². The summed E-state index contributed by atoms with van der Waals surface area (Å²) in [7, 11) is 0. The molecule has 2 aromatic rings. The number of fused-ring (bicyclic) bond motifs is 1. The van der Waals surface area contributed by atoms with Gasteiger partial charge in [-0.05, 0) is 44.7 Å². The Labute approximate surface area is 153 Å². The largest absolute Gasteiger partial charge is 0.493 e. The van der Waals surface area contributed by atoms with Crippen molar-refractivity contribution in [3.63, 3.8) is 0 Å². The minimum Gasteiger partial charge on any atom is -0.493 e. The van der Waals surface area contributed by atoms with E-state index in [-0.39, 0.29) is 11.8 Å². The van der Waals surface area contributed by atoms with Gasteiger partial charge in [0, 0.05) is 19.0 Å². The van der Waals surface area contributed by atoms with Crippen molar-refractivity contribution in [1.82, 2.24) is 15.1 Å². The summed E-state index contributed by atoms with van der Waals surface area (Å²) in [4.78, 5) is 12.5. The van der Waals surface area contributed by atoms with Crippen molar-refractivity contribution in [3.8, 4) is 5.75 Å². The Morgan fingerprint density at radius 1 is 1.40 bits per heavy atom. The van der Waals surface area contributed by atoms with Gasteiger partial charge in [-0.15, -0.1) is 0 Å². The molecular formula is C19H24ClN3O2. The fourth-order valence-corrected chi connectivity index (χ4v) is 3.33. The van der Waals surface area contributed by atoms with Crippen molar-refractivity contribution in [2.75, 3.05) is 13.2 Å². The quantitative estimate of drug-likeness (QED) is 0.831. The summed E-state index contributed by atoms with van der Waals surface area (Å²) >= 11 is 6.15. The number of hydrogen-bond donors (Lipinski definition) is 1. The summed E-state index contributed by atoms with van der Waals surface area (Å²) < 4.78 is 7.64. The molecule has 0 aliphatic carbocycles. The Balaban J connectivity index is 1.48. The molecule has 0 spiro atoms. The molecule has 0 fully saturated rings. The monoisotopic (exact) mass is 361 g/mol. The second-order valence-corrected chi connectivity index (χ2v) is 6.88. The van der Waals surface area contributed by atoms with Gasteiger partial charge in [0.15, 0.2) is 0 Å². The Morgan fingerprint density at radius 2 is 2.20 bits per heavy atom. The van der Waals surface area contributed by atoms with Crippen molar-refractivity contribution < 1.29 is 9.53 Å². The van der Waals surface area contributed by atoms with Gasteiger partial charge in [0.05, 0.1) is 23.0 Å². The number of aromatic nitrogens is 2. The third-order valence-electron chi connectivity index (χ3n) is 4.67. The zero-order valence-corrected chi connectivity index (χ0v) is 15.5. The predicted octanol–water partition coefficient (Wildman–Crippen LogP) is 3.30. The highest BCUT2D eigenvalue weighted by Gasteiger charge is 2.23. The van der Waals surface area contributed by atoms with Crippen LogP contribution in [0.1, 0.15) is 29.8 Å². The number of halogens is 1.